The molecule has 1 aromatic rings. The second kappa shape index (κ2) is 5.98. The van der Waals surface area contributed by atoms with Gasteiger partial charge in [-0.1, -0.05) is 49.9 Å². The van der Waals surface area contributed by atoms with Crippen molar-refractivity contribution in [2.24, 2.45) is 5.92 Å². The van der Waals surface area contributed by atoms with Crippen molar-refractivity contribution in [2.45, 2.75) is 51.1 Å². The van der Waals surface area contributed by atoms with Crippen LogP contribution in [0.25, 0.3) is 0 Å². The van der Waals surface area contributed by atoms with Crippen LogP contribution < -0.4 is 10.2 Å². The molecule has 1 unspecified atom stereocenters. The van der Waals surface area contributed by atoms with E-state index in [9.17, 15) is 0 Å². The van der Waals surface area contributed by atoms with Gasteiger partial charge in [0.05, 0.1) is 10.7 Å². The van der Waals surface area contributed by atoms with Gasteiger partial charge >= 0.3 is 0 Å². The maximum absolute atomic E-state index is 6.47. The van der Waals surface area contributed by atoms with E-state index in [1.165, 1.54) is 25.7 Å². The Balaban J connectivity index is 1.95. The van der Waals surface area contributed by atoms with Gasteiger partial charge in [-0.05, 0) is 37.0 Å². The third kappa shape index (κ3) is 3.04. The zero-order valence-electron chi connectivity index (χ0n) is 12.8. The SMILES string of the molecule is CC(C)C1CNC2(CCCC2)CN1c1cc(Cl)ccc1Cl. The lowest BCUT2D eigenvalue weighted by atomic mass is 9.88. The van der Waals surface area contributed by atoms with Gasteiger partial charge in [-0.15, -0.1) is 0 Å². The lowest BCUT2D eigenvalue weighted by molar-refractivity contribution is 0.246. The number of anilines is 1. The second-order valence-corrected chi connectivity index (χ2v) is 7.75. The van der Waals surface area contributed by atoms with Crippen LogP contribution >= 0.6 is 23.2 Å². The summed E-state index contributed by atoms with van der Waals surface area (Å²) < 4.78 is 0. The minimum absolute atomic E-state index is 0.275. The van der Waals surface area contributed by atoms with E-state index in [1.807, 2.05) is 18.2 Å². The highest BCUT2D eigenvalue weighted by Gasteiger charge is 2.42. The first-order valence-electron chi connectivity index (χ1n) is 7.97. The van der Waals surface area contributed by atoms with Crippen LogP contribution in [0.1, 0.15) is 39.5 Å². The minimum atomic E-state index is 0.275. The molecule has 1 saturated heterocycles. The smallest absolute Gasteiger partial charge is 0.0640 e. The highest BCUT2D eigenvalue weighted by Crippen LogP contribution is 2.39. The molecule has 2 nitrogen and oxygen atoms in total. The summed E-state index contributed by atoms with van der Waals surface area (Å²) in [5, 5.41) is 5.41. The molecule has 0 bridgehead atoms. The van der Waals surface area contributed by atoms with Crippen molar-refractivity contribution in [1.29, 1.82) is 0 Å². The Bertz CT molecular complexity index is 510. The lowest BCUT2D eigenvalue weighted by Gasteiger charge is -2.49. The fourth-order valence-electron chi connectivity index (χ4n) is 3.88. The van der Waals surface area contributed by atoms with Crippen molar-refractivity contribution in [1.82, 2.24) is 5.32 Å². The van der Waals surface area contributed by atoms with Gasteiger partial charge in [0.25, 0.3) is 0 Å². The molecule has 4 heteroatoms. The lowest BCUT2D eigenvalue weighted by Crippen LogP contribution is -2.64. The molecule has 1 saturated carbocycles. The van der Waals surface area contributed by atoms with Gasteiger partial charge in [0.15, 0.2) is 0 Å². The van der Waals surface area contributed by atoms with E-state index < -0.39 is 0 Å². The molecule has 1 spiro atoms. The average Bonchev–Trinajstić information content (AvgIpc) is 2.89. The van der Waals surface area contributed by atoms with Gasteiger partial charge in [0.2, 0.25) is 0 Å². The van der Waals surface area contributed by atoms with Crippen LogP contribution in [0.4, 0.5) is 5.69 Å². The highest BCUT2D eigenvalue weighted by molar-refractivity contribution is 6.35. The zero-order chi connectivity index (χ0) is 15.0. The molecular weight excluding hydrogens is 303 g/mol. The number of benzene rings is 1. The molecule has 1 aromatic carbocycles. The fourth-order valence-corrected chi connectivity index (χ4v) is 4.27. The Morgan fingerprint density at radius 1 is 1.24 bits per heavy atom. The Morgan fingerprint density at radius 2 is 1.95 bits per heavy atom. The predicted octanol–water partition coefficient (Wildman–Crippen LogP) is 4.74. The molecule has 1 atom stereocenters. The van der Waals surface area contributed by atoms with Crippen LogP contribution in [0.5, 0.6) is 0 Å². The average molecular weight is 327 g/mol. The van der Waals surface area contributed by atoms with E-state index in [2.05, 4.69) is 24.1 Å². The maximum atomic E-state index is 6.47. The standard InChI is InChI=1S/C17H24Cl2N2/c1-12(2)16-10-20-17(7-3-4-8-17)11-21(16)15-9-13(18)5-6-14(15)19/h5-6,9,12,16,20H,3-4,7-8,10-11H2,1-2H3. The van der Waals surface area contributed by atoms with Crippen LogP contribution in [0, 0.1) is 5.92 Å². The van der Waals surface area contributed by atoms with Gasteiger partial charge in [-0.3, -0.25) is 0 Å². The molecule has 1 heterocycles. The summed E-state index contributed by atoms with van der Waals surface area (Å²) in [7, 11) is 0. The number of nitrogens with one attached hydrogen (secondary N) is 1. The topological polar surface area (TPSA) is 15.3 Å². The highest BCUT2D eigenvalue weighted by atomic mass is 35.5. The van der Waals surface area contributed by atoms with Crippen molar-refractivity contribution < 1.29 is 0 Å². The molecule has 21 heavy (non-hydrogen) atoms. The molecule has 116 valence electrons. The predicted molar refractivity (Wildman–Crippen MR) is 91.6 cm³/mol. The van der Waals surface area contributed by atoms with E-state index >= 15 is 0 Å². The molecule has 3 rings (SSSR count). The molecule has 0 radical (unpaired) electrons. The van der Waals surface area contributed by atoms with Gasteiger partial charge in [-0.25, -0.2) is 0 Å². The first-order valence-corrected chi connectivity index (χ1v) is 8.73. The van der Waals surface area contributed by atoms with Crippen LogP contribution in [-0.2, 0) is 0 Å². The Morgan fingerprint density at radius 3 is 2.62 bits per heavy atom. The zero-order valence-corrected chi connectivity index (χ0v) is 14.3. The summed E-state index contributed by atoms with van der Waals surface area (Å²) >= 11 is 12.7. The third-order valence-electron chi connectivity index (χ3n) is 5.11. The first kappa shape index (κ1) is 15.5. The normalized spacial score (nSPS) is 25.0. The third-order valence-corrected chi connectivity index (χ3v) is 5.66. The number of hydrogen-bond donors (Lipinski definition) is 1. The first-order chi connectivity index (χ1) is 10.0. The van der Waals surface area contributed by atoms with Crippen molar-refractivity contribution in [3.05, 3.63) is 28.2 Å². The van der Waals surface area contributed by atoms with E-state index in [4.69, 9.17) is 23.2 Å². The molecule has 2 aliphatic rings. The van der Waals surface area contributed by atoms with E-state index in [1.54, 1.807) is 0 Å². The van der Waals surface area contributed by atoms with Crippen molar-refractivity contribution >= 4 is 28.9 Å². The van der Waals surface area contributed by atoms with Gasteiger partial charge < -0.3 is 10.2 Å². The van der Waals surface area contributed by atoms with Crippen LogP contribution in [0.15, 0.2) is 18.2 Å². The number of hydrogen-bond acceptors (Lipinski definition) is 2. The van der Waals surface area contributed by atoms with E-state index in [0.717, 1.165) is 28.8 Å². The number of halogens is 2. The largest absolute Gasteiger partial charge is 0.364 e. The molecular formula is C17H24Cl2N2. The Hall–Kier alpha value is -0.440. The maximum Gasteiger partial charge on any atom is 0.0640 e. The minimum Gasteiger partial charge on any atom is -0.364 e. The number of nitrogens with zero attached hydrogens (tertiary/aromatic N) is 1. The molecule has 2 fully saturated rings. The summed E-state index contributed by atoms with van der Waals surface area (Å²) in [6.07, 6.45) is 5.20. The van der Waals surface area contributed by atoms with Crippen LogP contribution in [-0.4, -0.2) is 24.7 Å². The number of rotatable bonds is 2. The van der Waals surface area contributed by atoms with E-state index in [-0.39, 0.29) is 5.54 Å². The second-order valence-electron chi connectivity index (χ2n) is 6.90. The molecule has 0 aromatic heterocycles. The van der Waals surface area contributed by atoms with Crippen molar-refractivity contribution in [2.75, 3.05) is 18.0 Å². The fraction of sp³-hybridized carbons (Fsp3) is 0.647. The monoisotopic (exact) mass is 326 g/mol. The summed E-state index contributed by atoms with van der Waals surface area (Å²) in [5.41, 5.74) is 1.37. The molecule has 1 N–H and O–H groups in total. The van der Waals surface area contributed by atoms with Crippen LogP contribution in [0.2, 0.25) is 10.0 Å². The summed E-state index contributed by atoms with van der Waals surface area (Å²) in [4.78, 5) is 2.50. The number of piperazine rings is 1. The Labute approximate surface area is 137 Å². The van der Waals surface area contributed by atoms with Gasteiger partial charge in [0.1, 0.15) is 0 Å². The van der Waals surface area contributed by atoms with Crippen molar-refractivity contribution in [3.8, 4) is 0 Å². The Kier molecular flexibility index (Phi) is 4.40. The molecule has 1 aliphatic carbocycles. The molecule has 1 aliphatic heterocycles. The molecule has 0 amide bonds. The van der Waals surface area contributed by atoms with E-state index in [0.29, 0.717) is 12.0 Å². The summed E-state index contributed by atoms with van der Waals surface area (Å²) in [6.45, 7) is 6.63. The summed E-state index contributed by atoms with van der Waals surface area (Å²) in [6, 6.07) is 6.27. The van der Waals surface area contributed by atoms with Gasteiger partial charge in [-0.2, -0.15) is 0 Å². The quantitative estimate of drug-likeness (QED) is 0.844. The van der Waals surface area contributed by atoms with Crippen molar-refractivity contribution in [3.63, 3.8) is 0 Å². The van der Waals surface area contributed by atoms with Gasteiger partial charge in [0, 0.05) is 29.7 Å². The summed E-state index contributed by atoms with van der Waals surface area (Å²) in [5.74, 6) is 0.575. The van der Waals surface area contributed by atoms with Crippen LogP contribution in [0.3, 0.4) is 0 Å².